The fourth-order valence-electron chi connectivity index (χ4n) is 2.83. The molecule has 0 saturated carbocycles. The van der Waals surface area contributed by atoms with Crippen LogP contribution < -0.4 is 10.6 Å². The number of ether oxygens (including phenoxy) is 2. The van der Waals surface area contributed by atoms with Gasteiger partial charge in [-0.2, -0.15) is 0 Å². The SMILES string of the molecule is CC(C)(C)OC(=O)NCC1CNC2COCCC1C2. The first-order chi connectivity index (χ1) is 8.94. The molecular formula is C14H26N2O3. The van der Waals surface area contributed by atoms with E-state index in [1.54, 1.807) is 0 Å². The van der Waals surface area contributed by atoms with Gasteiger partial charge in [0, 0.05) is 25.7 Å². The number of hydrogen-bond donors (Lipinski definition) is 2. The Labute approximate surface area is 115 Å². The summed E-state index contributed by atoms with van der Waals surface area (Å²) >= 11 is 0. The summed E-state index contributed by atoms with van der Waals surface area (Å²) in [6, 6.07) is 0.491. The maximum absolute atomic E-state index is 11.7. The standard InChI is InChI=1S/C14H26N2O3/c1-14(2,3)19-13(17)16-8-11-7-15-12-6-10(11)4-5-18-9-12/h10-12,15H,4-9H2,1-3H3,(H,16,17). The van der Waals surface area contributed by atoms with E-state index in [0.29, 0.717) is 24.4 Å². The van der Waals surface area contributed by atoms with Crippen LogP contribution in [0.2, 0.25) is 0 Å². The zero-order valence-corrected chi connectivity index (χ0v) is 12.2. The van der Waals surface area contributed by atoms with Gasteiger partial charge in [-0.05, 0) is 45.4 Å². The number of nitrogens with one attached hydrogen (secondary N) is 2. The van der Waals surface area contributed by atoms with Crippen molar-refractivity contribution in [3.05, 3.63) is 0 Å². The van der Waals surface area contributed by atoms with Crippen molar-refractivity contribution in [3.8, 4) is 0 Å². The number of carbonyl (C=O) groups excluding carboxylic acids is 1. The van der Waals surface area contributed by atoms with E-state index in [9.17, 15) is 4.79 Å². The number of fused-ring (bicyclic) bond motifs is 2. The van der Waals surface area contributed by atoms with E-state index in [-0.39, 0.29) is 6.09 Å². The van der Waals surface area contributed by atoms with E-state index < -0.39 is 5.60 Å². The molecule has 2 rings (SSSR count). The molecule has 2 heterocycles. The lowest BCUT2D eigenvalue weighted by Crippen LogP contribution is -2.48. The van der Waals surface area contributed by atoms with Crippen molar-refractivity contribution < 1.29 is 14.3 Å². The van der Waals surface area contributed by atoms with Gasteiger partial charge in [-0.1, -0.05) is 0 Å². The van der Waals surface area contributed by atoms with Gasteiger partial charge in [-0.15, -0.1) is 0 Å². The molecule has 2 aliphatic rings. The summed E-state index contributed by atoms with van der Waals surface area (Å²) in [4.78, 5) is 11.7. The molecule has 5 heteroatoms. The Hall–Kier alpha value is -0.810. The number of piperidine rings is 1. The summed E-state index contributed by atoms with van der Waals surface area (Å²) in [7, 11) is 0. The molecular weight excluding hydrogens is 244 g/mol. The molecule has 3 unspecified atom stereocenters. The number of hydrogen-bond acceptors (Lipinski definition) is 4. The lowest BCUT2D eigenvalue weighted by Gasteiger charge is -2.34. The highest BCUT2D eigenvalue weighted by atomic mass is 16.6. The number of carbonyl (C=O) groups is 1. The molecule has 0 spiro atoms. The van der Waals surface area contributed by atoms with Crippen LogP contribution in [0.1, 0.15) is 33.6 Å². The molecule has 0 aromatic carbocycles. The Balaban J connectivity index is 1.78. The van der Waals surface area contributed by atoms with E-state index in [1.807, 2.05) is 20.8 Å². The van der Waals surface area contributed by atoms with Crippen LogP contribution >= 0.6 is 0 Å². The van der Waals surface area contributed by atoms with Crippen molar-refractivity contribution in [2.75, 3.05) is 26.3 Å². The second-order valence-corrected chi connectivity index (χ2v) is 6.61. The summed E-state index contributed by atoms with van der Waals surface area (Å²) in [5, 5.41) is 6.39. The van der Waals surface area contributed by atoms with Crippen molar-refractivity contribution in [2.45, 2.75) is 45.3 Å². The normalized spacial score (nSPS) is 31.4. The van der Waals surface area contributed by atoms with E-state index in [4.69, 9.17) is 9.47 Å². The van der Waals surface area contributed by atoms with E-state index in [1.165, 1.54) is 0 Å². The average molecular weight is 270 g/mol. The van der Waals surface area contributed by atoms with Gasteiger partial charge in [0.1, 0.15) is 5.60 Å². The smallest absolute Gasteiger partial charge is 0.407 e. The third kappa shape index (κ3) is 4.66. The molecule has 2 N–H and O–H groups in total. The first-order valence-electron chi connectivity index (χ1n) is 7.22. The van der Waals surface area contributed by atoms with E-state index in [0.717, 1.165) is 32.6 Å². The summed E-state index contributed by atoms with van der Waals surface area (Å²) in [5.74, 6) is 1.12. The second kappa shape index (κ2) is 6.09. The zero-order valence-electron chi connectivity index (χ0n) is 12.2. The van der Waals surface area contributed by atoms with Crippen LogP contribution in [0.4, 0.5) is 4.79 Å². The highest BCUT2D eigenvalue weighted by Crippen LogP contribution is 2.27. The van der Waals surface area contributed by atoms with E-state index in [2.05, 4.69) is 10.6 Å². The van der Waals surface area contributed by atoms with Gasteiger partial charge in [-0.25, -0.2) is 4.79 Å². The van der Waals surface area contributed by atoms with Crippen molar-refractivity contribution in [1.29, 1.82) is 0 Å². The van der Waals surface area contributed by atoms with Crippen molar-refractivity contribution in [3.63, 3.8) is 0 Å². The van der Waals surface area contributed by atoms with Gasteiger partial charge in [0.2, 0.25) is 0 Å². The van der Waals surface area contributed by atoms with Crippen LogP contribution in [-0.4, -0.2) is 44.0 Å². The molecule has 2 aliphatic heterocycles. The fraction of sp³-hybridized carbons (Fsp3) is 0.929. The minimum atomic E-state index is -0.434. The molecule has 2 fully saturated rings. The van der Waals surface area contributed by atoms with Crippen molar-refractivity contribution in [2.24, 2.45) is 11.8 Å². The molecule has 5 nitrogen and oxygen atoms in total. The predicted octanol–water partition coefficient (Wildman–Crippen LogP) is 1.53. The quantitative estimate of drug-likeness (QED) is 0.799. The number of amides is 1. The van der Waals surface area contributed by atoms with Crippen molar-refractivity contribution >= 4 is 6.09 Å². The lowest BCUT2D eigenvalue weighted by molar-refractivity contribution is 0.0506. The summed E-state index contributed by atoms with van der Waals surface area (Å²) in [6.07, 6.45) is 1.93. The van der Waals surface area contributed by atoms with Crippen LogP contribution in [0.25, 0.3) is 0 Å². The first-order valence-corrected chi connectivity index (χ1v) is 7.22. The van der Waals surface area contributed by atoms with Crippen LogP contribution in [-0.2, 0) is 9.47 Å². The Morgan fingerprint density at radius 1 is 1.47 bits per heavy atom. The minimum Gasteiger partial charge on any atom is -0.444 e. The van der Waals surface area contributed by atoms with Crippen molar-refractivity contribution in [1.82, 2.24) is 10.6 Å². The molecule has 0 aromatic rings. The van der Waals surface area contributed by atoms with Crippen LogP contribution in [0.3, 0.4) is 0 Å². The minimum absolute atomic E-state index is 0.320. The van der Waals surface area contributed by atoms with Crippen LogP contribution in [0.5, 0.6) is 0 Å². The highest BCUT2D eigenvalue weighted by Gasteiger charge is 2.32. The first kappa shape index (κ1) is 14.6. The van der Waals surface area contributed by atoms with Crippen LogP contribution in [0.15, 0.2) is 0 Å². The molecule has 2 saturated heterocycles. The zero-order chi connectivity index (χ0) is 13.9. The lowest BCUT2D eigenvalue weighted by atomic mass is 9.82. The molecule has 1 amide bonds. The molecule has 3 atom stereocenters. The van der Waals surface area contributed by atoms with Crippen LogP contribution in [0, 0.1) is 11.8 Å². The molecule has 110 valence electrons. The highest BCUT2D eigenvalue weighted by molar-refractivity contribution is 5.67. The van der Waals surface area contributed by atoms with Gasteiger partial charge in [0.05, 0.1) is 6.61 Å². The van der Waals surface area contributed by atoms with E-state index >= 15 is 0 Å². The van der Waals surface area contributed by atoms with Gasteiger partial charge in [0.15, 0.2) is 0 Å². The largest absolute Gasteiger partial charge is 0.444 e. The second-order valence-electron chi connectivity index (χ2n) is 6.61. The number of alkyl carbamates (subject to hydrolysis) is 1. The summed E-state index contributed by atoms with van der Waals surface area (Å²) in [6.45, 7) is 8.92. The Morgan fingerprint density at radius 2 is 2.26 bits per heavy atom. The number of rotatable bonds is 2. The molecule has 19 heavy (non-hydrogen) atoms. The molecule has 2 bridgehead atoms. The third-order valence-electron chi connectivity index (χ3n) is 3.78. The summed E-state index contributed by atoms with van der Waals surface area (Å²) < 4.78 is 10.8. The average Bonchev–Trinajstić information content (AvgIpc) is 2.49. The monoisotopic (exact) mass is 270 g/mol. The predicted molar refractivity (Wildman–Crippen MR) is 73.1 cm³/mol. The third-order valence-corrected chi connectivity index (χ3v) is 3.78. The maximum atomic E-state index is 11.7. The molecule has 0 radical (unpaired) electrons. The van der Waals surface area contributed by atoms with Gasteiger partial charge >= 0.3 is 6.09 Å². The topological polar surface area (TPSA) is 59.6 Å². The maximum Gasteiger partial charge on any atom is 0.407 e. The molecule has 0 aromatic heterocycles. The Bertz CT molecular complexity index is 314. The Morgan fingerprint density at radius 3 is 3.00 bits per heavy atom. The van der Waals surface area contributed by atoms with Gasteiger partial charge < -0.3 is 20.1 Å². The Kier molecular flexibility index (Phi) is 4.68. The molecule has 0 aliphatic carbocycles. The van der Waals surface area contributed by atoms with Gasteiger partial charge in [0.25, 0.3) is 0 Å². The summed E-state index contributed by atoms with van der Waals surface area (Å²) in [5.41, 5.74) is -0.434. The fourth-order valence-corrected chi connectivity index (χ4v) is 2.83. The van der Waals surface area contributed by atoms with Gasteiger partial charge in [-0.3, -0.25) is 0 Å².